The molecule has 0 bridgehead atoms. The molecule has 144 valence electrons. The molecular weight excluding hydrogens is 300 g/mol. The number of carbonyl (C=O) groups is 1. The van der Waals surface area contributed by atoms with Crippen LogP contribution in [0, 0.1) is 11.8 Å². The zero-order valence-corrected chi connectivity index (χ0v) is 16.8. The van der Waals surface area contributed by atoms with E-state index >= 15 is 0 Å². The molecule has 0 radical (unpaired) electrons. The van der Waals surface area contributed by atoms with Gasteiger partial charge in [0, 0.05) is 0 Å². The van der Waals surface area contributed by atoms with Crippen molar-refractivity contribution in [2.45, 2.75) is 105 Å². The fourth-order valence-electron chi connectivity index (χ4n) is 2.72. The van der Waals surface area contributed by atoms with Gasteiger partial charge >= 0.3 is 6.16 Å². The fraction of sp³-hybridized carbons (Fsp3) is 0.952. The highest BCUT2D eigenvalue weighted by Gasteiger charge is 2.03. The first-order chi connectivity index (χ1) is 11.5. The van der Waals surface area contributed by atoms with E-state index in [2.05, 4.69) is 27.7 Å². The summed E-state index contributed by atoms with van der Waals surface area (Å²) in [5.74, 6) is 1.62. The van der Waals surface area contributed by atoms with Crippen LogP contribution in [-0.2, 0) is 9.47 Å². The first kappa shape index (κ1) is 23.3. The third kappa shape index (κ3) is 19.3. The predicted molar refractivity (Wildman–Crippen MR) is 102 cm³/mol. The van der Waals surface area contributed by atoms with Crippen LogP contribution >= 0.6 is 0 Å². The van der Waals surface area contributed by atoms with Crippen LogP contribution in [0.5, 0.6) is 0 Å². The van der Waals surface area contributed by atoms with Crippen molar-refractivity contribution in [2.24, 2.45) is 11.8 Å². The monoisotopic (exact) mass is 342 g/mol. The van der Waals surface area contributed by atoms with E-state index in [4.69, 9.17) is 9.47 Å². The summed E-state index contributed by atoms with van der Waals surface area (Å²) in [6.07, 6.45) is 14.0. The third-order valence-corrected chi connectivity index (χ3v) is 4.29. The quantitative estimate of drug-likeness (QED) is 0.221. The summed E-state index contributed by atoms with van der Waals surface area (Å²) in [7, 11) is 0. The average molecular weight is 343 g/mol. The number of hydrogen-bond donors (Lipinski definition) is 0. The summed E-state index contributed by atoms with van der Waals surface area (Å²) in [5, 5.41) is 0. The zero-order valence-electron chi connectivity index (χ0n) is 16.8. The SMILES string of the molecule is CC(C)CCCCCCCOC(=O)OCCCCCCCC(C)C. The predicted octanol–water partition coefficient (Wildman–Crippen LogP) is 7.13. The van der Waals surface area contributed by atoms with E-state index in [-0.39, 0.29) is 0 Å². The number of rotatable bonds is 16. The molecule has 24 heavy (non-hydrogen) atoms. The van der Waals surface area contributed by atoms with Gasteiger partial charge in [0.1, 0.15) is 0 Å². The van der Waals surface area contributed by atoms with Gasteiger partial charge in [0.2, 0.25) is 0 Å². The van der Waals surface area contributed by atoms with Crippen LogP contribution in [0.15, 0.2) is 0 Å². The van der Waals surface area contributed by atoms with E-state index in [1.54, 1.807) is 0 Å². The average Bonchev–Trinajstić information content (AvgIpc) is 2.51. The van der Waals surface area contributed by atoms with Gasteiger partial charge in [-0.1, -0.05) is 91.9 Å². The van der Waals surface area contributed by atoms with Crippen LogP contribution in [-0.4, -0.2) is 19.4 Å². The minimum Gasteiger partial charge on any atom is -0.434 e. The Bertz CT molecular complexity index is 248. The fourth-order valence-corrected chi connectivity index (χ4v) is 2.72. The summed E-state index contributed by atoms with van der Waals surface area (Å²) in [4.78, 5) is 11.4. The molecule has 0 saturated heterocycles. The maximum Gasteiger partial charge on any atom is 0.508 e. The molecule has 0 saturated carbocycles. The van der Waals surface area contributed by atoms with Gasteiger partial charge in [-0.05, 0) is 24.7 Å². The van der Waals surface area contributed by atoms with Crippen LogP contribution in [0.4, 0.5) is 4.79 Å². The Morgan fingerprint density at radius 2 is 0.917 bits per heavy atom. The number of carbonyl (C=O) groups excluding carboxylic acids is 1. The summed E-state index contributed by atoms with van der Waals surface area (Å²) in [6, 6.07) is 0. The van der Waals surface area contributed by atoms with Crippen molar-refractivity contribution in [2.75, 3.05) is 13.2 Å². The highest BCUT2D eigenvalue weighted by atomic mass is 16.7. The van der Waals surface area contributed by atoms with Crippen molar-refractivity contribution in [3.8, 4) is 0 Å². The third-order valence-electron chi connectivity index (χ3n) is 4.29. The van der Waals surface area contributed by atoms with Crippen molar-refractivity contribution in [1.29, 1.82) is 0 Å². The highest BCUT2D eigenvalue weighted by molar-refractivity contribution is 5.59. The molecule has 0 aromatic rings. The molecule has 0 rings (SSSR count). The summed E-state index contributed by atoms with van der Waals surface area (Å²) in [5.41, 5.74) is 0. The molecule has 0 N–H and O–H groups in total. The molecule has 0 aliphatic rings. The Hall–Kier alpha value is -0.730. The minimum absolute atomic E-state index is 0.491. The Labute approximate surface area is 150 Å². The van der Waals surface area contributed by atoms with Crippen molar-refractivity contribution in [3.05, 3.63) is 0 Å². The van der Waals surface area contributed by atoms with Crippen molar-refractivity contribution in [3.63, 3.8) is 0 Å². The van der Waals surface area contributed by atoms with Crippen LogP contribution in [0.2, 0.25) is 0 Å². The molecule has 0 aliphatic carbocycles. The van der Waals surface area contributed by atoms with Crippen LogP contribution in [0.3, 0.4) is 0 Å². The molecule has 0 heterocycles. The molecular formula is C21H42O3. The lowest BCUT2D eigenvalue weighted by Crippen LogP contribution is -2.09. The van der Waals surface area contributed by atoms with Crippen LogP contribution < -0.4 is 0 Å². The largest absolute Gasteiger partial charge is 0.508 e. The maximum atomic E-state index is 11.4. The second-order valence-electron chi connectivity index (χ2n) is 7.85. The van der Waals surface area contributed by atoms with Gasteiger partial charge in [-0.3, -0.25) is 0 Å². The molecule has 0 atom stereocenters. The molecule has 0 aromatic heterocycles. The molecule has 3 heteroatoms. The van der Waals surface area contributed by atoms with Gasteiger partial charge in [0.25, 0.3) is 0 Å². The van der Waals surface area contributed by atoms with Crippen molar-refractivity contribution >= 4 is 6.16 Å². The summed E-state index contributed by atoms with van der Waals surface area (Å²) < 4.78 is 10.2. The smallest absolute Gasteiger partial charge is 0.434 e. The van der Waals surface area contributed by atoms with Crippen molar-refractivity contribution in [1.82, 2.24) is 0 Å². The molecule has 0 amide bonds. The van der Waals surface area contributed by atoms with Crippen LogP contribution in [0.25, 0.3) is 0 Å². The molecule has 0 unspecified atom stereocenters. The van der Waals surface area contributed by atoms with E-state index in [1.807, 2.05) is 0 Å². The van der Waals surface area contributed by atoms with Crippen molar-refractivity contribution < 1.29 is 14.3 Å². The first-order valence-corrected chi connectivity index (χ1v) is 10.3. The lowest BCUT2D eigenvalue weighted by molar-refractivity contribution is 0.0529. The lowest BCUT2D eigenvalue weighted by atomic mass is 10.0. The summed E-state index contributed by atoms with van der Waals surface area (Å²) >= 11 is 0. The van der Waals surface area contributed by atoms with Crippen LogP contribution in [0.1, 0.15) is 105 Å². The topological polar surface area (TPSA) is 35.5 Å². The van der Waals surface area contributed by atoms with E-state index < -0.39 is 6.16 Å². The van der Waals surface area contributed by atoms with E-state index in [0.29, 0.717) is 13.2 Å². The van der Waals surface area contributed by atoms with Gasteiger partial charge in [0.05, 0.1) is 13.2 Å². The van der Waals surface area contributed by atoms with Gasteiger partial charge in [-0.2, -0.15) is 0 Å². The summed E-state index contributed by atoms with van der Waals surface area (Å²) in [6.45, 7) is 10.1. The minimum atomic E-state index is -0.491. The molecule has 3 nitrogen and oxygen atoms in total. The Morgan fingerprint density at radius 1 is 0.583 bits per heavy atom. The standard InChI is InChI=1S/C21H42O3/c1-19(2)15-11-7-5-9-13-17-23-21(22)24-18-14-10-6-8-12-16-20(3)4/h19-20H,5-18H2,1-4H3. The van der Waals surface area contributed by atoms with E-state index in [0.717, 1.165) is 37.5 Å². The molecule has 0 fully saturated rings. The zero-order chi connectivity index (χ0) is 18.0. The normalized spacial score (nSPS) is 11.2. The highest BCUT2D eigenvalue weighted by Crippen LogP contribution is 2.11. The van der Waals surface area contributed by atoms with Gasteiger partial charge in [0.15, 0.2) is 0 Å². The second kappa shape index (κ2) is 17.1. The van der Waals surface area contributed by atoms with E-state index in [1.165, 1.54) is 51.4 Å². The van der Waals surface area contributed by atoms with E-state index in [9.17, 15) is 4.79 Å². The van der Waals surface area contributed by atoms with Gasteiger partial charge in [-0.15, -0.1) is 0 Å². The molecule has 0 aromatic carbocycles. The Balaban J connectivity index is 3.19. The Morgan fingerprint density at radius 3 is 1.29 bits per heavy atom. The molecule has 0 spiro atoms. The van der Waals surface area contributed by atoms with Gasteiger partial charge in [-0.25, -0.2) is 4.79 Å². The molecule has 0 aliphatic heterocycles. The number of unbranched alkanes of at least 4 members (excludes halogenated alkanes) is 8. The van der Waals surface area contributed by atoms with Gasteiger partial charge < -0.3 is 9.47 Å². The number of hydrogen-bond acceptors (Lipinski definition) is 3. The Kier molecular flexibility index (Phi) is 16.6. The first-order valence-electron chi connectivity index (χ1n) is 10.3. The maximum absolute atomic E-state index is 11.4. The number of ether oxygens (including phenoxy) is 2. The lowest BCUT2D eigenvalue weighted by Gasteiger charge is -2.07. The second-order valence-corrected chi connectivity index (χ2v) is 7.85.